The zero-order valence-electron chi connectivity index (χ0n) is 10.8. The average molecular weight is 267 g/mol. The SMILES string of the molecule is SCC1(Cn2c3ccccc3c3ccccc32)CC1. The number of aromatic nitrogens is 1. The van der Waals surface area contributed by atoms with Gasteiger partial charge in [-0.1, -0.05) is 36.4 Å². The summed E-state index contributed by atoms with van der Waals surface area (Å²) in [4.78, 5) is 0. The van der Waals surface area contributed by atoms with Crippen molar-refractivity contribution in [1.29, 1.82) is 0 Å². The van der Waals surface area contributed by atoms with E-state index in [2.05, 4.69) is 65.7 Å². The maximum atomic E-state index is 4.55. The predicted molar refractivity (Wildman–Crippen MR) is 85.0 cm³/mol. The number of thiol groups is 1. The Bertz CT molecular complexity index is 699. The van der Waals surface area contributed by atoms with Gasteiger partial charge < -0.3 is 4.57 Å². The summed E-state index contributed by atoms with van der Waals surface area (Å²) in [5, 5.41) is 2.74. The summed E-state index contributed by atoms with van der Waals surface area (Å²) < 4.78 is 2.49. The quantitative estimate of drug-likeness (QED) is 0.666. The first-order chi connectivity index (χ1) is 9.33. The van der Waals surface area contributed by atoms with Gasteiger partial charge in [0.1, 0.15) is 0 Å². The number of hydrogen-bond acceptors (Lipinski definition) is 1. The molecule has 0 bridgehead atoms. The van der Waals surface area contributed by atoms with Crippen LogP contribution in [-0.2, 0) is 6.54 Å². The highest BCUT2D eigenvalue weighted by atomic mass is 32.1. The van der Waals surface area contributed by atoms with E-state index in [1.807, 2.05) is 0 Å². The Hall–Kier alpha value is -1.41. The lowest BCUT2D eigenvalue weighted by molar-refractivity contribution is 0.493. The van der Waals surface area contributed by atoms with E-state index >= 15 is 0 Å². The normalized spacial score (nSPS) is 17.1. The van der Waals surface area contributed by atoms with Crippen LogP contribution in [0.5, 0.6) is 0 Å². The molecule has 0 amide bonds. The molecular formula is C17H17NS. The van der Waals surface area contributed by atoms with Gasteiger partial charge >= 0.3 is 0 Å². The molecule has 1 nitrogen and oxygen atoms in total. The molecule has 1 aliphatic rings. The van der Waals surface area contributed by atoms with Crippen LogP contribution in [-0.4, -0.2) is 10.3 Å². The summed E-state index contributed by atoms with van der Waals surface area (Å²) in [5.74, 6) is 0.994. The van der Waals surface area contributed by atoms with Crippen LogP contribution < -0.4 is 0 Å². The molecule has 19 heavy (non-hydrogen) atoms. The molecule has 0 spiro atoms. The maximum absolute atomic E-state index is 4.55. The van der Waals surface area contributed by atoms with Gasteiger partial charge in [-0.3, -0.25) is 0 Å². The molecule has 96 valence electrons. The minimum Gasteiger partial charge on any atom is -0.340 e. The van der Waals surface area contributed by atoms with Crippen LogP contribution in [0.15, 0.2) is 48.5 Å². The number of rotatable bonds is 3. The maximum Gasteiger partial charge on any atom is 0.0491 e. The van der Waals surface area contributed by atoms with Crippen LogP contribution in [0.4, 0.5) is 0 Å². The molecule has 0 N–H and O–H groups in total. The second kappa shape index (κ2) is 4.04. The Kier molecular flexibility index (Phi) is 2.43. The van der Waals surface area contributed by atoms with Crippen LogP contribution >= 0.6 is 12.6 Å². The van der Waals surface area contributed by atoms with Crippen molar-refractivity contribution in [2.45, 2.75) is 19.4 Å². The zero-order valence-corrected chi connectivity index (χ0v) is 11.7. The second-order valence-corrected chi connectivity index (χ2v) is 6.09. The van der Waals surface area contributed by atoms with Gasteiger partial charge in [0.15, 0.2) is 0 Å². The lowest BCUT2D eigenvalue weighted by atomic mass is 10.1. The molecule has 0 saturated heterocycles. The Morgan fingerprint density at radius 3 is 1.89 bits per heavy atom. The Morgan fingerprint density at radius 1 is 0.895 bits per heavy atom. The van der Waals surface area contributed by atoms with Crippen LogP contribution in [0.1, 0.15) is 12.8 Å². The molecule has 2 heteroatoms. The minimum absolute atomic E-state index is 0.438. The summed E-state index contributed by atoms with van der Waals surface area (Å²) in [6, 6.07) is 17.5. The summed E-state index contributed by atoms with van der Waals surface area (Å²) in [6.07, 6.45) is 2.63. The van der Waals surface area contributed by atoms with Crippen molar-refractivity contribution in [2.75, 3.05) is 5.75 Å². The average Bonchev–Trinajstić information content (AvgIpc) is 3.19. The van der Waals surface area contributed by atoms with E-state index in [-0.39, 0.29) is 0 Å². The van der Waals surface area contributed by atoms with Gasteiger partial charge in [0.05, 0.1) is 0 Å². The fraction of sp³-hybridized carbons (Fsp3) is 0.294. The van der Waals surface area contributed by atoms with Crippen LogP contribution in [0.3, 0.4) is 0 Å². The lowest BCUT2D eigenvalue weighted by Gasteiger charge is -2.15. The van der Waals surface area contributed by atoms with Gasteiger partial charge in [-0.05, 0) is 36.1 Å². The molecule has 2 aromatic carbocycles. The molecule has 1 aliphatic carbocycles. The molecule has 0 radical (unpaired) electrons. The molecule has 1 aromatic heterocycles. The minimum atomic E-state index is 0.438. The van der Waals surface area contributed by atoms with Gasteiger partial charge in [0.2, 0.25) is 0 Å². The number of benzene rings is 2. The van der Waals surface area contributed by atoms with Crippen molar-refractivity contribution in [3.05, 3.63) is 48.5 Å². The molecule has 3 aromatic rings. The van der Waals surface area contributed by atoms with E-state index in [0.717, 1.165) is 12.3 Å². The number of hydrogen-bond donors (Lipinski definition) is 1. The fourth-order valence-electron chi connectivity index (χ4n) is 3.05. The molecule has 0 unspecified atom stereocenters. The lowest BCUT2D eigenvalue weighted by Crippen LogP contribution is -2.12. The first-order valence-electron chi connectivity index (χ1n) is 6.90. The van der Waals surface area contributed by atoms with Crippen molar-refractivity contribution >= 4 is 34.4 Å². The molecular weight excluding hydrogens is 250 g/mol. The topological polar surface area (TPSA) is 4.93 Å². The number of fused-ring (bicyclic) bond motifs is 3. The molecule has 1 heterocycles. The Labute approximate surface area is 118 Å². The van der Waals surface area contributed by atoms with Gasteiger partial charge in [-0.2, -0.15) is 12.6 Å². The largest absolute Gasteiger partial charge is 0.340 e. The Morgan fingerprint density at radius 2 is 1.42 bits per heavy atom. The third kappa shape index (κ3) is 1.70. The summed E-state index contributed by atoms with van der Waals surface area (Å²) >= 11 is 4.55. The van der Waals surface area contributed by atoms with E-state index < -0.39 is 0 Å². The van der Waals surface area contributed by atoms with Gasteiger partial charge in [-0.25, -0.2) is 0 Å². The van der Waals surface area contributed by atoms with Crippen LogP contribution in [0.25, 0.3) is 21.8 Å². The first kappa shape index (κ1) is 11.4. The predicted octanol–water partition coefficient (Wildman–Crippen LogP) is 4.50. The van der Waals surface area contributed by atoms with E-state index in [1.54, 1.807) is 0 Å². The van der Waals surface area contributed by atoms with Crippen molar-refractivity contribution in [2.24, 2.45) is 5.41 Å². The van der Waals surface area contributed by atoms with Crippen molar-refractivity contribution < 1.29 is 0 Å². The summed E-state index contributed by atoms with van der Waals surface area (Å²) in [5.41, 5.74) is 3.15. The first-order valence-corrected chi connectivity index (χ1v) is 7.53. The van der Waals surface area contributed by atoms with E-state index in [9.17, 15) is 0 Å². The zero-order chi connectivity index (χ0) is 12.9. The third-order valence-corrected chi connectivity index (χ3v) is 5.14. The molecule has 0 atom stereocenters. The second-order valence-electron chi connectivity index (χ2n) is 5.78. The van der Waals surface area contributed by atoms with Gasteiger partial charge in [0, 0.05) is 28.4 Å². The van der Waals surface area contributed by atoms with Gasteiger partial charge in [0.25, 0.3) is 0 Å². The molecule has 4 rings (SSSR count). The fourth-order valence-corrected chi connectivity index (χ4v) is 3.47. The summed E-state index contributed by atoms with van der Waals surface area (Å²) in [7, 11) is 0. The molecule has 0 aliphatic heterocycles. The third-order valence-electron chi connectivity index (χ3n) is 4.47. The number of nitrogens with zero attached hydrogens (tertiary/aromatic N) is 1. The highest BCUT2D eigenvalue weighted by molar-refractivity contribution is 7.80. The molecule has 1 saturated carbocycles. The standard InChI is InChI=1S/C17H17NS/c19-12-17(9-10-17)11-18-15-7-3-1-5-13(15)14-6-2-4-8-16(14)18/h1-8,19H,9-12H2. The van der Waals surface area contributed by atoms with E-state index in [1.165, 1.54) is 34.6 Å². The smallest absolute Gasteiger partial charge is 0.0491 e. The summed E-state index contributed by atoms with van der Waals surface area (Å²) in [6.45, 7) is 1.10. The van der Waals surface area contributed by atoms with Crippen molar-refractivity contribution in [3.8, 4) is 0 Å². The highest BCUT2D eigenvalue weighted by Crippen LogP contribution is 2.49. The van der Waals surface area contributed by atoms with Crippen LogP contribution in [0.2, 0.25) is 0 Å². The van der Waals surface area contributed by atoms with E-state index in [0.29, 0.717) is 5.41 Å². The van der Waals surface area contributed by atoms with Crippen molar-refractivity contribution in [1.82, 2.24) is 4.57 Å². The molecule has 1 fully saturated rings. The Balaban J connectivity index is 2.00. The highest BCUT2D eigenvalue weighted by Gasteiger charge is 2.41. The van der Waals surface area contributed by atoms with Crippen molar-refractivity contribution in [3.63, 3.8) is 0 Å². The van der Waals surface area contributed by atoms with Crippen LogP contribution in [0, 0.1) is 5.41 Å². The van der Waals surface area contributed by atoms with E-state index in [4.69, 9.17) is 0 Å². The van der Waals surface area contributed by atoms with Gasteiger partial charge in [-0.15, -0.1) is 0 Å². The monoisotopic (exact) mass is 267 g/mol. The number of para-hydroxylation sites is 2.